The Kier molecular flexibility index (Phi) is 12.6. The van der Waals surface area contributed by atoms with Gasteiger partial charge in [-0.05, 0) is 12.3 Å². The molecule has 0 spiro atoms. The molecule has 2 heteroatoms. The molecule has 1 atom stereocenters. The maximum atomic E-state index is 3.38. The Morgan fingerprint density at radius 2 is 1.67 bits per heavy atom. The summed E-state index contributed by atoms with van der Waals surface area (Å²) in [6.45, 7) is 8.05. The zero-order valence-corrected chi connectivity index (χ0v) is 11.7. The molecule has 0 aromatic carbocycles. The zero-order valence-electron chi connectivity index (χ0n) is 10.8. The highest BCUT2D eigenvalue weighted by molar-refractivity contribution is 7.97. The fourth-order valence-electron chi connectivity index (χ4n) is 1.75. The Balaban J connectivity index is 3.06. The topological polar surface area (TPSA) is 12.0 Å². The molecule has 1 unspecified atom stereocenters. The lowest BCUT2D eigenvalue weighted by atomic mass is 9.97. The van der Waals surface area contributed by atoms with Crippen LogP contribution in [0.3, 0.4) is 0 Å². The number of rotatable bonds is 11. The number of hydrogen-bond donors (Lipinski definition) is 1. The van der Waals surface area contributed by atoms with E-state index in [2.05, 4.69) is 25.5 Å². The van der Waals surface area contributed by atoms with Crippen LogP contribution in [-0.2, 0) is 0 Å². The molecule has 0 aliphatic heterocycles. The molecular formula is C13H29NS. The van der Waals surface area contributed by atoms with E-state index in [0.29, 0.717) is 0 Å². The monoisotopic (exact) mass is 231 g/mol. The molecule has 0 fully saturated rings. The van der Waals surface area contributed by atoms with Gasteiger partial charge < -0.3 is 0 Å². The first-order valence-corrected chi connectivity index (χ1v) is 7.64. The smallest absolute Gasteiger partial charge is 0.00585 e. The summed E-state index contributed by atoms with van der Waals surface area (Å²) < 4.78 is 3.38. The van der Waals surface area contributed by atoms with Crippen molar-refractivity contribution < 1.29 is 0 Å². The summed E-state index contributed by atoms with van der Waals surface area (Å²) in [5.41, 5.74) is 0. The van der Waals surface area contributed by atoms with Gasteiger partial charge in [-0.1, -0.05) is 71.2 Å². The SMILES string of the molecule is CCCCCC(C)CCCCNSCC. The molecule has 15 heavy (non-hydrogen) atoms. The minimum atomic E-state index is 0.940. The van der Waals surface area contributed by atoms with Gasteiger partial charge in [0.15, 0.2) is 0 Å². The molecule has 1 N–H and O–H groups in total. The van der Waals surface area contributed by atoms with Gasteiger partial charge in [0.25, 0.3) is 0 Å². The van der Waals surface area contributed by atoms with Crippen molar-refractivity contribution in [1.29, 1.82) is 0 Å². The highest BCUT2D eigenvalue weighted by Gasteiger charge is 2.01. The molecule has 0 radical (unpaired) electrons. The minimum absolute atomic E-state index is 0.940. The fraction of sp³-hybridized carbons (Fsp3) is 1.00. The van der Waals surface area contributed by atoms with Crippen LogP contribution in [0.2, 0.25) is 0 Å². The van der Waals surface area contributed by atoms with Crippen LogP contribution in [0.4, 0.5) is 0 Å². The first kappa shape index (κ1) is 15.3. The van der Waals surface area contributed by atoms with Crippen molar-refractivity contribution in [3.8, 4) is 0 Å². The summed E-state index contributed by atoms with van der Waals surface area (Å²) in [4.78, 5) is 0. The van der Waals surface area contributed by atoms with E-state index in [4.69, 9.17) is 0 Å². The molecule has 0 aromatic rings. The molecule has 0 aromatic heterocycles. The summed E-state index contributed by atoms with van der Waals surface area (Å²) in [6, 6.07) is 0. The molecule has 0 bridgehead atoms. The van der Waals surface area contributed by atoms with Crippen molar-refractivity contribution in [2.45, 2.75) is 65.7 Å². The van der Waals surface area contributed by atoms with Crippen molar-refractivity contribution in [2.24, 2.45) is 5.92 Å². The number of nitrogens with one attached hydrogen (secondary N) is 1. The van der Waals surface area contributed by atoms with E-state index >= 15 is 0 Å². The Labute approximate surface area is 101 Å². The normalized spacial score (nSPS) is 13.0. The van der Waals surface area contributed by atoms with Crippen LogP contribution in [0.15, 0.2) is 0 Å². The highest BCUT2D eigenvalue weighted by atomic mass is 32.2. The second-order valence-corrected chi connectivity index (χ2v) is 5.58. The van der Waals surface area contributed by atoms with Crippen LogP contribution in [0.5, 0.6) is 0 Å². The van der Waals surface area contributed by atoms with Gasteiger partial charge in [0.05, 0.1) is 0 Å². The molecule has 0 heterocycles. The standard InChI is InChI=1S/C13H29NS/c1-4-6-7-10-13(3)11-8-9-12-14-15-5-2/h13-14H,4-12H2,1-3H3. The maximum absolute atomic E-state index is 3.38. The van der Waals surface area contributed by atoms with Crippen molar-refractivity contribution in [3.63, 3.8) is 0 Å². The van der Waals surface area contributed by atoms with E-state index in [1.807, 2.05) is 11.9 Å². The van der Waals surface area contributed by atoms with Gasteiger partial charge in [0.1, 0.15) is 0 Å². The Morgan fingerprint density at radius 3 is 2.27 bits per heavy atom. The van der Waals surface area contributed by atoms with E-state index in [-0.39, 0.29) is 0 Å². The number of unbranched alkanes of at least 4 members (excludes halogenated alkanes) is 3. The Hall–Kier alpha value is 0.310. The van der Waals surface area contributed by atoms with Gasteiger partial charge >= 0.3 is 0 Å². The van der Waals surface area contributed by atoms with Crippen molar-refractivity contribution in [2.75, 3.05) is 12.3 Å². The highest BCUT2D eigenvalue weighted by Crippen LogP contribution is 2.15. The minimum Gasteiger partial charge on any atom is -0.264 e. The fourth-order valence-corrected chi connectivity index (χ4v) is 2.24. The predicted molar refractivity (Wildman–Crippen MR) is 73.3 cm³/mol. The second kappa shape index (κ2) is 12.4. The maximum Gasteiger partial charge on any atom is 0.00585 e. The summed E-state index contributed by atoms with van der Waals surface area (Å²) >= 11 is 1.83. The molecule has 0 amide bonds. The Morgan fingerprint density at radius 1 is 1.00 bits per heavy atom. The van der Waals surface area contributed by atoms with Crippen molar-refractivity contribution >= 4 is 11.9 Å². The first-order chi connectivity index (χ1) is 7.31. The third-order valence-electron chi connectivity index (χ3n) is 2.77. The van der Waals surface area contributed by atoms with E-state index in [9.17, 15) is 0 Å². The summed E-state index contributed by atoms with van der Waals surface area (Å²) in [5, 5.41) is 0. The largest absolute Gasteiger partial charge is 0.264 e. The lowest BCUT2D eigenvalue weighted by molar-refractivity contribution is 0.444. The second-order valence-electron chi connectivity index (χ2n) is 4.42. The van der Waals surface area contributed by atoms with Gasteiger partial charge in [-0.15, -0.1) is 0 Å². The molecule has 0 aliphatic rings. The molecule has 0 rings (SSSR count). The van der Waals surface area contributed by atoms with Crippen LogP contribution in [-0.4, -0.2) is 12.3 Å². The van der Waals surface area contributed by atoms with Crippen LogP contribution < -0.4 is 4.72 Å². The van der Waals surface area contributed by atoms with Crippen LogP contribution in [0, 0.1) is 5.92 Å². The molecule has 0 aliphatic carbocycles. The van der Waals surface area contributed by atoms with Crippen LogP contribution in [0.1, 0.15) is 65.7 Å². The van der Waals surface area contributed by atoms with E-state index < -0.39 is 0 Å². The van der Waals surface area contributed by atoms with Crippen LogP contribution >= 0.6 is 11.9 Å². The third kappa shape index (κ3) is 12.2. The number of hydrogen-bond acceptors (Lipinski definition) is 2. The van der Waals surface area contributed by atoms with Crippen molar-refractivity contribution in [3.05, 3.63) is 0 Å². The summed E-state index contributed by atoms with van der Waals surface area (Å²) in [6.07, 6.45) is 9.79. The molecule has 0 saturated carbocycles. The van der Waals surface area contributed by atoms with Gasteiger partial charge in [-0.3, -0.25) is 4.72 Å². The summed E-state index contributed by atoms with van der Waals surface area (Å²) in [5.74, 6) is 2.11. The Bertz CT molecular complexity index is 117. The average Bonchev–Trinajstić information content (AvgIpc) is 2.23. The summed E-state index contributed by atoms with van der Waals surface area (Å²) in [7, 11) is 0. The van der Waals surface area contributed by atoms with Gasteiger partial charge in [-0.2, -0.15) is 0 Å². The third-order valence-corrected chi connectivity index (χ3v) is 3.47. The van der Waals surface area contributed by atoms with E-state index in [1.54, 1.807) is 0 Å². The molecule has 0 saturated heterocycles. The van der Waals surface area contributed by atoms with Crippen LogP contribution in [0.25, 0.3) is 0 Å². The average molecular weight is 231 g/mol. The van der Waals surface area contributed by atoms with Gasteiger partial charge in [0, 0.05) is 12.3 Å². The van der Waals surface area contributed by atoms with Crippen molar-refractivity contribution in [1.82, 2.24) is 4.72 Å². The molecule has 1 nitrogen and oxygen atoms in total. The zero-order chi connectivity index (χ0) is 11.4. The molecular weight excluding hydrogens is 202 g/mol. The lowest BCUT2D eigenvalue weighted by Gasteiger charge is -2.10. The van der Waals surface area contributed by atoms with Gasteiger partial charge in [0.2, 0.25) is 0 Å². The lowest BCUT2D eigenvalue weighted by Crippen LogP contribution is -2.06. The first-order valence-electron chi connectivity index (χ1n) is 6.65. The quantitative estimate of drug-likeness (QED) is 0.411. The molecule has 92 valence electrons. The van der Waals surface area contributed by atoms with E-state index in [0.717, 1.165) is 5.92 Å². The predicted octanol–water partition coefficient (Wildman–Crippen LogP) is 4.63. The van der Waals surface area contributed by atoms with E-state index in [1.165, 1.54) is 57.2 Å². The van der Waals surface area contributed by atoms with Gasteiger partial charge in [-0.25, -0.2) is 0 Å².